The van der Waals surface area contributed by atoms with Crippen LogP contribution in [0.1, 0.15) is 68.2 Å². The van der Waals surface area contributed by atoms with Gasteiger partial charge in [-0.2, -0.15) is 0 Å². The van der Waals surface area contributed by atoms with Crippen LogP contribution in [0.25, 0.3) is 0 Å². The first-order valence-electron chi connectivity index (χ1n) is 11.5. The summed E-state index contributed by atoms with van der Waals surface area (Å²) in [4.78, 5) is 25.2. The van der Waals surface area contributed by atoms with Crippen molar-refractivity contribution in [3.63, 3.8) is 0 Å². The summed E-state index contributed by atoms with van der Waals surface area (Å²) in [5.41, 5.74) is -2.42. The minimum Gasteiger partial charge on any atom is -0.393 e. The van der Waals surface area contributed by atoms with E-state index in [2.05, 4.69) is 0 Å². The average Bonchev–Trinajstić information content (AvgIpc) is 2.71. The van der Waals surface area contributed by atoms with Gasteiger partial charge >= 0.3 is 0 Å². The molecule has 4 aliphatic rings. The molecule has 3 saturated carbocycles. The van der Waals surface area contributed by atoms with Crippen molar-refractivity contribution in [1.29, 1.82) is 0 Å². The summed E-state index contributed by atoms with van der Waals surface area (Å²) < 4.78 is 58.1. The molecule has 0 amide bonds. The molecule has 6 atom stereocenters. The minimum absolute atomic E-state index is 0.0212. The third kappa shape index (κ3) is 1.72. The van der Waals surface area contributed by atoms with Crippen LogP contribution in [0, 0.1) is 28.6 Å². The zero-order valence-electron chi connectivity index (χ0n) is 19.9. The van der Waals surface area contributed by atoms with Crippen LogP contribution in [-0.4, -0.2) is 22.8 Å². The SMILES string of the molecule is [2H]C1=C2C([2H])([2H])CC3C([C@@H](O)C[C@]4(C)C(=O)C([2H])([2H])CC34)[C@@]2(C)CC([2H])([2H])C1=O. The number of rotatable bonds is 0. The van der Waals surface area contributed by atoms with Gasteiger partial charge in [0.2, 0.25) is 0 Å². The Labute approximate surface area is 142 Å². The molecule has 22 heavy (non-hydrogen) atoms. The Morgan fingerprint density at radius 1 is 1.23 bits per heavy atom. The van der Waals surface area contributed by atoms with Crippen LogP contribution < -0.4 is 0 Å². The lowest BCUT2D eigenvalue weighted by Crippen LogP contribution is -2.56. The zero-order chi connectivity index (χ0) is 21.9. The van der Waals surface area contributed by atoms with E-state index in [1.165, 1.54) is 0 Å². The first kappa shape index (κ1) is 8.77. The predicted molar refractivity (Wildman–Crippen MR) is 83.1 cm³/mol. The minimum atomic E-state index is -2.34. The molecule has 0 aromatic heterocycles. The summed E-state index contributed by atoms with van der Waals surface area (Å²) >= 11 is 0. The maximum atomic E-state index is 12.8. The van der Waals surface area contributed by atoms with Crippen LogP contribution in [0.15, 0.2) is 11.6 Å². The summed E-state index contributed by atoms with van der Waals surface area (Å²) in [7, 11) is 0. The smallest absolute Gasteiger partial charge is 0.155 e. The van der Waals surface area contributed by atoms with E-state index in [-0.39, 0.29) is 31.3 Å². The largest absolute Gasteiger partial charge is 0.393 e. The maximum Gasteiger partial charge on any atom is 0.155 e. The van der Waals surface area contributed by atoms with Crippen molar-refractivity contribution in [3.8, 4) is 0 Å². The van der Waals surface area contributed by atoms with Gasteiger partial charge in [0.15, 0.2) is 5.78 Å². The van der Waals surface area contributed by atoms with Gasteiger partial charge in [-0.3, -0.25) is 9.59 Å². The summed E-state index contributed by atoms with van der Waals surface area (Å²) in [5.74, 6) is -3.27. The highest BCUT2D eigenvalue weighted by molar-refractivity contribution is 5.91. The second kappa shape index (κ2) is 4.53. The van der Waals surface area contributed by atoms with Crippen molar-refractivity contribution in [3.05, 3.63) is 11.6 Å². The number of carbonyl (C=O) groups is 2. The molecule has 3 unspecified atom stereocenters. The Morgan fingerprint density at radius 3 is 2.77 bits per heavy atom. The Bertz CT molecular complexity index is 851. The van der Waals surface area contributed by atoms with Gasteiger partial charge < -0.3 is 5.11 Å². The molecular formula is C19H26O3. The topological polar surface area (TPSA) is 54.4 Å². The first-order valence-corrected chi connectivity index (χ1v) is 7.99. The Hall–Kier alpha value is -0.960. The van der Waals surface area contributed by atoms with E-state index < -0.39 is 71.4 Å². The van der Waals surface area contributed by atoms with Gasteiger partial charge in [-0.25, -0.2) is 0 Å². The molecule has 3 fully saturated rings. The molecule has 3 heteroatoms. The number of fused-ring (bicyclic) bond motifs is 5. The van der Waals surface area contributed by atoms with E-state index in [0.29, 0.717) is 0 Å². The van der Waals surface area contributed by atoms with E-state index in [4.69, 9.17) is 9.60 Å². The van der Waals surface area contributed by atoms with Gasteiger partial charge in [0.1, 0.15) is 5.78 Å². The fourth-order valence-corrected chi connectivity index (χ4v) is 5.33. The molecule has 4 rings (SSSR count). The monoisotopic (exact) mass is 309 g/mol. The molecule has 120 valence electrons. The van der Waals surface area contributed by atoms with Crippen LogP contribution >= 0.6 is 0 Å². The predicted octanol–water partition coefficient (Wildman–Crippen LogP) is 3.06. The number of hydrogen-bond donors (Lipinski definition) is 1. The van der Waals surface area contributed by atoms with Gasteiger partial charge in [-0.1, -0.05) is 19.4 Å². The third-order valence-electron chi connectivity index (χ3n) is 6.52. The molecular weight excluding hydrogens is 276 g/mol. The molecule has 3 nitrogen and oxygen atoms in total. The Kier molecular flexibility index (Phi) is 1.81. The lowest BCUT2D eigenvalue weighted by Gasteiger charge is -2.58. The molecule has 4 aliphatic carbocycles. The quantitative estimate of drug-likeness (QED) is 0.748. The summed E-state index contributed by atoms with van der Waals surface area (Å²) in [6.07, 6.45) is -8.03. The number of ketones is 2. The van der Waals surface area contributed by atoms with Crippen LogP contribution in [0.5, 0.6) is 0 Å². The van der Waals surface area contributed by atoms with Gasteiger partial charge in [0.25, 0.3) is 0 Å². The maximum absolute atomic E-state index is 12.8. The normalized spacial score (nSPS) is 63.0. The molecule has 0 spiro atoms. The van der Waals surface area contributed by atoms with E-state index >= 15 is 0 Å². The van der Waals surface area contributed by atoms with E-state index in [1.54, 1.807) is 13.8 Å². The van der Waals surface area contributed by atoms with E-state index in [9.17, 15) is 14.7 Å². The van der Waals surface area contributed by atoms with Gasteiger partial charge in [0, 0.05) is 26.4 Å². The molecule has 0 bridgehead atoms. The number of aliphatic hydroxyl groups is 1. The van der Waals surface area contributed by atoms with Crippen molar-refractivity contribution < 1.29 is 24.3 Å². The van der Waals surface area contributed by atoms with Gasteiger partial charge in [-0.15, -0.1) is 0 Å². The molecule has 0 radical (unpaired) electrons. The lowest BCUT2D eigenvalue weighted by atomic mass is 9.46. The summed E-state index contributed by atoms with van der Waals surface area (Å²) in [5, 5.41) is 11.1. The zero-order valence-corrected chi connectivity index (χ0v) is 12.9. The molecule has 0 saturated heterocycles. The molecule has 0 aromatic rings. The summed E-state index contributed by atoms with van der Waals surface area (Å²) in [6.45, 7) is 3.26. The van der Waals surface area contributed by atoms with Crippen LogP contribution in [-0.2, 0) is 9.59 Å². The molecule has 0 aromatic carbocycles. The van der Waals surface area contributed by atoms with E-state index in [0.717, 1.165) is 0 Å². The fourth-order valence-electron chi connectivity index (χ4n) is 5.33. The lowest BCUT2D eigenvalue weighted by molar-refractivity contribution is -0.147. The number of hydrogen-bond acceptors (Lipinski definition) is 3. The third-order valence-corrected chi connectivity index (χ3v) is 6.52. The van der Waals surface area contributed by atoms with Crippen LogP contribution in [0.2, 0.25) is 0 Å². The number of carbonyl (C=O) groups excluding carboxylic acids is 2. The highest BCUT2D eigenvalue weighted by atomic mass is 16.3. The van der Waals surface area contributed by atoms with E-state index in [1.807, 2.05) is 0 Å². The number of aliphatic hydroxyl groups excluding tert-OH is 1. The second-order valence-electron chi connectivity index (χ2n) is 7.68. The molecule has 0 aliphatic heterocycles. The second-order valence-corrected chi connectivity index (χ2v) is 7.68. The highest BCUT2D eigenvalue weighted by Crippen LogP contribution is 2.64. The summed E-state index contributed by atoms with van der Waals surface area (Å²) in [6, 6.07) is -0.648. The van der Waals surface area contributed by atoms with Crippen LogP contribution in [0.3, 0.4) is 0 Å². The molecule has 1 N–H and O–H groups in total. The van der Waals surface area contributed by atoms with Crippen molar-refractivity contribution in [2.45, 2.75) is 64.8 Å². The fraction of sp³-hybridized carbons (Fsp3) is 0.789. The van der Waals surface area contributed by atoms with Crippen molar-refractivity contribution in [1.82, 2.24) is 0 Å². The Balaban J connectivity index is 1.91. The van der Waals surface area contributed by atoms with Crippen molar-refractivity contribution in [2.75, 3.05) is 0 Å². The number of allylic oxidation sites excluding steroid dienone is 1. The molecule has 0 heterocycles. The van der Waals surface area contributed by atoms with Crippen LogP contribution in [0.4, 0.5) is 0 Å². The van der Waals surface area contributed by atoms with Crippen molar-refractivity contribution in [2.24, 2.45) is 28.6 Å². The standard InChI is InChI=1S/C19H26O3/c1-18-8-7-12(20)9-11(18)3-4-13-14-5-6-16(22)19(14,2)10-15(21)17(13)18/h9,13-15,17,21H,3-8,10H2,1-2H3/t13?,14?,15-,17?,18-,19-/m0/s1/i3D2,6D2,7D2,9D. The number of Topliss-reactive ketones (excluding diaryl/α,β-unsaturated/α-hetero) is 1. The average molecular weight is 309 g/mol. The Morgan fingerprint density at radius 2 is 2.00 bits per heavy atom. The highest BCUT2D eigenvalue weighted by Gasteiger charge is 2.61. The van der Waals surface area contributed by atoms with Gasteiger partial charge in [0.05, 0.1) is 7.47 Å². The first-order chi connectivity index (χ1) is 13.0. The van der Waals surface area contributed by atoms with Gasteiger partial charge in [-0.05, 0) is 61.3 Å². The van der Waals surface area contributed by atoms with Crippen molar-refractivity contribution >= 4 is 11.6 Å².